The third-order valence-electron chi connectivity index (χ3n) is 8.29. The minimum Gasteiger partial charge on any atom is -0.575 e. The van der Waals surface area contributed by atoms with E-state index in [2.05, 4.69) is 19.7 Å². The Balaban J connectivity index is 1.49. The highest BCUT2D eigenvalue weighted by molar-refractivity contribution is 7.34. The Hall–Kier alpha value is -4.67. The van der Waals surface area contributed by atoms with Crippen molar-refractivity contribution in [2.45, 2.75) is 63.7 Å². The Morgan fingerprint density at radius 2 is 1.94 bits per heavy atom. The van der Waals surface area contributed by atoms with E-state index in [9.17, 15) is 29.8 Å². The van der Waals surface area contributed by atoms with Gasteiger partial charge in [0.05, 0.1) is 26.5 Å². The fourth-order valence-electron chi connectivity index (χ4n) is 5.54. The van der Waals surface area contributed by atoms with Gasteiger partial charge in [-0.25, -0.2) is 9.78 Å². The first-order chi connectivity index (χ1) is 23.2. The number of aliphatic hydroxyl groups is 2. The summed E-state index contributed by atoms with van der Waals surface area (Å²) >= 11 is 0. The highest BCUT2D eigenvalue weighted by Crippen LogP contribution is 2.43. The van der Waals surface area contributed by atoms with Gasteiger partial charge in [0.2, 0.25) is 17.6 Å². The number of hydrogen-bond acceptors (Lipinski definition) is 15. The second kappa shape index (κ2) is 14.1. The van der Waals surface area contributed by atoms with E-state index in [1.165, 1.54) is 38.1 Å². The fraction of sp³-hybridized carbons (Fsp3) is 0.452. The zero-order chi connectivity index (χ0) is 35.8. The number of hydrogen-bond donors (Lipinski definition) is 4. The van der Waals surface area contributed by atoms with Crippen LogP contribution in [-0.2, 0) is 19.1 Å². The van der Waals surface area contributed by atoms with Crippen LogP contribution in [0.4, 0.5) is 5.95 Å². The largest absolute Gasteiger partial charge is 0.575 e. The van der Waals surface area contributed by atoms with Crippen molar-refractivity contribution in [3.63, 3.8) is 0 Å². The molecule has 5 rings (SSSR count). The van der Waals surface area contributed by atoms with E-state index >= 15 is 0 Å². The molecule has 3 heterocycles. The number of benzene rings is 2. The van der Waals surface area contributed by atoms with Crippen molar-refractivity contribution in [3.05, 3.63) is 42.2 Å². The van der Waals surface area contributed by atoms with Gasteiger partial charge in [-0.1, -0.05) is 42.9 Å². The average Bonchev–Trinajstić information content (AvgIpc) is 3.57. The minimum atomic E-state index is -2.87. The van der Waals surface area contributed by atoms with Crippen LogP contribution in [0.3, 0.4) is 0 Å². The first-order valence-corrected chi connectivity index (χ1v) is 16.3. The van der Waals surface area contributed by atoms with Crippen LogP contribution in [-0.4, -0.2) is 91.5 Å². The normalized spacial score (nSPS) is 22.3. The number of carbonyl (C=O) groups excluding carboxylic acids is 1. The van der Waals surface area contributed by atoms with Crippen molar-refractivity contribution in [3.8, 4) is 17.4 Å². The molecule has 0 aliphatic carbocycles. The van der Waals surface area contributed by atoms with Gasteiger partial charge in [-0.3, -0.25) is 13.9 Å². The molecule has 1 saturated heterocycles. The lowest BCUT2D eigenvalue weighted by atomic mass is 9.96. The summed E-state index contributed by atoms with van der Waals surface area (Å²) in [5, 5.41) is 33.3. The number of methoxy groups -OCH3 is 2. The number of fused-ring (bicyclic) bond motifs is 2. The summed E-state index contributed by atoms with van der Waals surface area (Å²) in [6.45, 7) is 6.00. The molecule has 0 saturated carbocycles. The van der Waals surface area contributed by atoms with Gasteiger partial charge in [-0.2, -0.15) is 9.97 Å². The maximum atomic E-state index is 13.0. The zero-order valence-corrected chi connectivity index (χ0v) is 28.4. The molecule has 2 aromatic carbocycles. The standard InChI is InChI=1S/C31H37N6O11P/c1-14(2)21(27(39)40)36-49(43)48-19-10-8-17-11-16(15(3)28(41)45-6)7-9-18(17)23(19)46-12-20-24(38)31(4,42)29(47-20)37-13-33-22-25(37)34-30(32)35-26(22)44-5/h7-11,13-15,20-21,24,29,38,42H,12H2,1-6H3,(H,39,40)(H2,32,34,35)/t15-,20+,21?,24+,29?,31+/m0/s1. The number of aliphatic carboxylic acids is 1. The van der Waals surface area contributed by atoms with E-state index in [1.54, 1.807) is 45.0 Å². The summed E-state index contributed by atoms with van der Waals surface area (Å²) in [5.41, 5.74) is 5.08. The van der Waals surface area contributed by atoms with Crippen molar-refractivity contribution >= 4 is 48.0 Å². The number of aromatic nitrogens is 4. The van der Waals surface area contributed by atoms with E-state index in [-0.39, 0.29) is 41.1 Å². The van der Waals surface area contributed by atoms with E-state index in [0.29, 0.717) is 16.3 Å². The van der Waals surface area contributed by atoms with Crippen molar-refractivity contribution in [2.24, 2.45) is 10.7 Å². The SMILES string of the molecule is COC(=O)[C@@H](C)c1ccc2c(OC[C@H]3OC(n4cnc5c(OC)nc(N)nc54)[C@](C)(O)[C@@H]3O)c(O/[P+]([O-])=N/C(C(=O)O)C(C)C)ccc2c1. The Bertz CT molecular complexity index is 1920. The molecule has 4 aromatic rings. The predicted molar refractivity (Wildman–Crippen MR) is 173 cm³/mol. The predicted octanol–water partition coefficient (Wildman–Crippen LogP) is 2.28. The van der Waals surface area contributed by atoms with Gasteiger partial charge in [-0.15, -0.1) is 0 Å². The van der Waals surface area contributed by atoms with Crippen LogP contribution >= 0.6 is 8.17 Å². The number of nitrogen functional groups attached to an aromatic ring is 1. The highest BCUT2D eigenvalue weighted by atomic mass is 31.1. The third kappa shape index (κ3) is 6.93. The second-order valence-corrected chi connectivity index (χ2v) is 12.9. The molecule has 17 nitrogen and oxygen atoms in total. The molecule has 0 amide bonds. The quantitative estimate of drug-likeness (QED) is 0.122. The Kier molecular flexibility index (Phi) is 10.2. The number of rotatable bonds is 12. The van der Waals surface area contributed by atoms with Crippen LogP contribution < -0.4 is 24.6 Å². The first kappa shape index (κ1) is 35.6. The molecule has 0 spiro atoms. The summed E-state index contributed by atoms with van der Waals surface area (Å²) in [6, 6.07) is 6.96. The maximum absolute atomic E-state index is 13.0. The van der Waals surface area contributed by atoms with Gasteiger partial charge < -0.3 is 44.9 Å². The second-order valence-electron chi connectivity index (χ2n) is 12.0. The van der Waals surface area contributed by atoms with Crippen molar-refractivity contribution in [1.82, 2.24) is 19.5 Å². The lowest BCUT2D eigenvalue weighted by molar-refractivity contribution is -0.169. The van der Waals surface area contributed by atoms with Crippen LogP contribution in [0.25, 0.3) is 21.9 Å². The monoisotopic (exact) mass is 700 g/mol. The molecule has 49 heavy (non-hydrogen) atoms. The van der Waals surface area contributed by atoms with Crippen molar-refractivity contribution < 1.29 is 53.3 Å². The van der Waals surface area contributed by atoms with Gasteiger partial charge in [-0.05, 0) is 36.8 Å². The molecule has 1 aliphatic rings. The molecule has 0 radical (unpaired) electrons. The van der Waals surface area contributed by atoms with E-state index in [4.69, 9.17) is 29.2 Å². The molecule has 2 aromatic heterocycles. The van der Waals surface area contributed by atoms with Crippen LogP contribution in [0.2, 0.25) is 0 Å². The highest BCUT2D eigenvalue weighted by Gasteiger charge is 2.54. The molecule has 18 heteroatoms. The molecular formula is C31H37N6O11P. The molecule has 1 fully saturated rings. The number of nitrogens with zero attached hydrogens (tertiary/aromatic N) is 5. The number of carboxylic acid groups (broad SMARTS) is 1. The van der Waals surface area contributed by atoms with Crippen molar-refractivity contribution in [1.29, 1.82) is 0 Å². The number of anilines is 1. The van der Waals surface area contributed by atoms with Gasteiger partial charge in [0.15, 0.2) is 29.2 Å². The Morgan fingerprint density at radius 3 is 2.59 bits per heavy atom. The van der Waals surface area contributed by atoms with Crippen molar-refractivity contribution in [2.75, 3.05) is 26.6 Å². The Morgan fingerprint density at radius 1 is 1.20 bits per heavy atom. The lowest BCUT2D eigenvalue weighted by Crippen LogP contribution is -2.44. The van der Waals surface area contributed by atoms with Crippen LogP contribution in [0.1, 0.15) is 45.4 Å². The van der Waals surface area contributed by atoms with E-state index in [0.717, 1.165) is 0 Å². The lowest BCUT2D eigenvalue weighted by Gasteiger charge is -2.27. The van der Waals surface area contributed by atoms with Crippen LogP contribution in [0.15, 0.2) is 41.4 Å². The summed E-state index contributed by atoms with van der Waals surface area (Å²) < 4.78 is 33.3. The molecule has 1 aliphatic heterocycles. The number of esters is 1. The minimum absolute atomic E-state index is 0.0327. The Labute approximate surface area is 281 Å². The smallest absolute Gasteiger partial charge is 0.395 e. The molecule has 0 bridgehead atoms. The summed E-state index contributed by atoms with van der Waals surface area (Å²) in [6.07, 6.45) is -2.47. The fourth-order valence-corrected chi connectivity index (χ4v) is 6.47. The molecule has 7 atom stereocenters. The van der Waals surface area contributed by atoms with Crippen LogP contribution in [0.5, 0.6) is 17.4 Å². The topological polar surface area (TPSA) is 246 Å². The number of carboxylic acids is 1. The first-order valence-electron chi connectivity index (χ1n) is 15.1. The molecular weight excluding hydrogens is 663 g/mol. The molecule has 3 unspecified atom stereocenters. The van der Waals surface area contributed by atoms with Gasteiger partial charge in [0, 0.05) is 5.39 Å². The molecule has 5 N–H and O–H groups in total. The number of carbonyl (C=O) groups is 2. The summed E-state index contributed by atoms with van der Waals surface area (Å²) in [7, 11) is -0.180. The number of nitrogens with two attached hydrogens (primary N) is 1. The third-order valence-corrected chi connectivity index (χ3v) is 9.08. The van der Waals surface area contributed by atoms with Gasteiger partial charge in [0.1, 0.15) is 24.4 Å². The number of imidazole rings is 1. The average molecular weight is 701 g/mol. The van der Waals surface area contributed by atoms with Gasteiger partial charge >= 0.3 is 20.1 Å². The van der Waals surface area contributed by atoms with Gasteiger partial charge in [0.25, 0.3) is 0 Å². The number of aliphatic hydroxyl groups excluding tert-OH is 1. The van der Waals surface area contributed by atoms with Crippen LogP contribution in [0, 0.1) is 5.92 Å². The van der Waals surface area contributed by atoms with E-state index < -0.39 is 62.0 Å². The summed E-state index contributed by atoms with van der Waals surface area (Å²) in [4.78, 5) is 49.3. The maximum Gasteiger partial charge on any atom is 0.395 e. The number of ether oxygens (including phenoxy) is 4. The zero-order valence-electron chi connectivity index (χ0n) is 27.5. The van der Waals surface area contributed by atoms with E-state index in [1.807, 2.05) is 0 Å². The molecule has 262 valence electrons. The summed E-state index contributed by atoms with van der Waals surface area (Å²) in [5.74, 6) is -2.67.